The number of nitrogens with zero attached hydrogens (tertiary/aromatic N) is 1. The molecule has 0 aromatic rings. The van der Waals surface area contributed by atoms with Gasteiger partial charge in [-0.3, -0.25) is 4.90 Å². The average Bonchev–Trinajstić information content (AvgIpc) is 3.32. The molecule has 0 aromatic heterocycles. The molecule has 136 valence electrons. The molecule has 4 aliphatic carbocycles. The fourth-order valence-corrected chi connectivity index (χ4v) is 8.26. The first-order chi connectivity index (χ1) is 11.5. The second kappa shape index (κ2) is 5.22. The van der Waals surface area contributed by atoms with Crippen LogP contribution in [-0.2, 0) is 0 Å². The minimum atomic E-state index is -0.399. The molecule has 5 fully saturated rings. The quantitative estimate of drug-likeness (QED) is 0.755. The minimum Gasteiger partial charge on any atom is -0.388 e. The van der Waals surface area contributed by atoms with Gasteiger partial charge in [0.15, 0.2) is 0 Å². The molecule has 4 saturated carbocycles. The zero-order valence-corrected chi connectivity index (χ0v) is 15.9. The summed E-state index contributed by atoms with van der Waals surface area (Å²) in [6.45, 7) is 8.52. The van der Waals surface area contributed by atoms with Crippen LogP contribution in [0.15, 0.2) is 0 Å². The van der Waals surface area contributed by atoms with Crippen molar-refractivity contribution in [2.45, 2.75) is 83.7 Å². The van der Waals surface area contributed by atoms with Crippen molar-refractivity contribution < 1.29 is 5.11 Å². The van der Waals surface area contributed by atoms with E-state index < -0.39 is 5.60 Å². The highest BCUT2D eigenvalue weighted by Crippen LogP contribution is 2.68. The van der Waals surface area contributed by atoms with E-state index >= 15 is 0 Å². The molecule has 2 heteroatoms. The van der Waals surface area contributed by atoms with Crippen molar-refractivity contribution in [3.63, 3.8) is 0 Å². The van der Waals surface area contributed by atoms with E-state index in [1.807, 2.05) is 0 Å². The summed E-state index contributed by atoms with van der Waals surface area (Å²) >= 11 is 0. The second-order valence-electron chi connectivity index (χ2n) is 10.7. The highest BCUT2D eigenvalue weighted by atomic mass is 16.3. The Balaban J connectivity index is 1.43. The molecule has 0 radical (unpaired) electrons. The van der Waals surface area contributed by atoms with Gasteiger partial charge in [-0.15, -0.1) is 0 Å². The van der Waals surface area contributed by atoms with Crippen LogP contribution in [-0.4, -0.2) is 35.2 Å². The molecule has 0 bridgehead atoms. The van der Waals surface area contributed by atoms with Crippen LogP contribution in [0.3, 0.4) is 0 Å². The molecule has 24 heavy (non-hydrogen) atoms. The molecule has 0 spiro atoms. The van der Waals surface area contributed by atoms with Crippen LogP contribution in [0.4, 0.5) is 0 Å². The van der Waals surface area contributed by atoms with Crippen LogP contribution in [0.5, 0.6) is 0 Å². The van der Waals surface area contributed by atoms with E-state index in [0.717, 1.165) is 36.6 Å². The van der Waals surface area contributed by atoms with Crippen molar-refractivity contribution in [1.82, 2.24) is 4.90 Å². The number of hydrogen-bond donors (Lipinski definition) is 1. The Morgan fingerprint density at radius 1 is 0.875 bits per heavy atom. The van der Waals surface area contributed by atoms with Crippen LogP contribution in [0.2, 0.25) is 0 Å². The summed E-state index contributed by atoms with van der Waals surface area (Å²) in [7, 11) is 0. The Hall–Kier alpha value is -0.0800. The summed E-state index contributed by atoms with van der Waals surface area (Å²) in [5.41, 5.74) is 0.418. The van der Waals surface area contributed by atoms with E-state index in [2.05, 4.69) is 18.7 Å². The van der Waals surface area contributed by atoms with Crippen molar-refractivity contribution in [3.05, 3.63) is 0 Å². The van der Waals surface area contributed by atoms with Gasteiger partial charge in [0.05, 0.1) is 5.60 Å². The monoisotopic (exact) mass is 331 g/mol. The molecule has 0 amide bonds. The summed E-state index contributed by atoms with van der Waals surface area (Å²) in [4.78, 5) is 2.46. The van der Waals surface area contributed by atoms with Crippen LogP contribution in [0.1, 0.15) is 78.1 Å². The zero-order chi connectivity index (χ0) is 16.6. The summed E-state index contributed by atoms with van der Waals surface area (Å²) in [5, 5.41) is 11.6. The smallest absolute Gasteiger partial charge is 0.0830 e. The van der Waals surface area contributed by atoms with Gasteiger partial charge in [0.25, 0.3) is 0 Å². The largest absolute Gasteiger partial charge is 0.388 e. The Kier molecular flexibility index (Phi) is 3.51. The van der Waals surface area contributed by atoms with Crippen molar-refractivity contribution in [3.8, 4) is 0 Å². The predicted octanol–water partition coefficient (Wildman–Crippen LogP) is 4.47. The number of fused-ring (bicyclic) bond motifs is 5. The van der Waals surface area contributed by atoms with E-state index in [-0.39, 0.29) is 5.41 Å². The lowest BCUT2D eigenvalue weighted by molar-refractivity contribution is -0.153. The lowest BCUT2D eigenvalue weighted by Crippen LogP contribution is -2.57. The van der Waals surface area contributed by atoms with Crippen molar-refractivity contribution in [2.75, 3.05) is 19.6 Å². The summed E-state index contributed by atoms with van der Waals surface area (Å²) in [5.74, 6) is 3.67. The molecule has 5 aliphatic rings. The number of hydrogen-bond acceptors (Lipinski definition) is 2. The van der Waals surface area contributed by atoms with Gasteiger partial charge in [-0.05, 0) is 80.5 Å². The minimum absolute atomic E-state index is 0.189. The fraction of sp³-hybridized carbons (Fsp3) is 1.00. The molecule has 5 rings (SSSR count). The first kappa shape index (κ1) is 16.1. The molecule has 1 heterocycles. The summed E-state index contributed by atoms with van der Waals surface area (Å²) in [6.07, 6.45) is 13.9. The van der Waals surface area contributed by atoms with Crippen LogP contribution >= 0.6 is 0 Å². The van der Waals surface area contributed by atoms with Crippen molar-refractivity contribution in [2.24, 2.45) is 34.5 Å². The second-order valence-corrected chi connectivity index (χ2v) is 10.7. The molecule has 1 saturated heterocycles. The van der Waals surface area contributed by atoms with Gasteiger partial charge in [0.2, 0.25) is 0 Å². The Labute approximate surface area is 148 Å². The standard InChI is InChI=1S/C22H37NO/c1-20-10-4-3-5-16(20)6-7-17-18(20)8-11-21(2)19(17)9-12-22(21,24)15-23-13-14-23/h16-19,24H,3-15H2,1-2H3/t16-,17-,18+,19+,20+,21+,22+/m1/s1. The van der Waals surface area contributed by atoms with Crippen LogP contribution < -0.4 is 0 Å². The molecular weight excluding hydrogens is 294 g/mol. The lowest BCUT2D eigenvalue weighted by atomic mass is 9.44. The molecule has 1 aliphatic heterocycles. The maximum Gasteiger partial charge on any atom is 0.0830 e. The topological polar surface area (TPSA) is 23.2 Å². The van der Waals surface area contributed by atoms with Gasteiger partial charge in [0, 0.05) is 25.0 Å². The number of β-amino-alcohol motifs (C(OH)–C–C–N with tert-alkyl or cyclic N) is 1. The number of aliphatic hydroxyl groups is 1. The van der Waals surface area contributed by atoms with E-state index in [0.29, 0.717) is 5.41 Å². The third kappa shape index (κ3) is 2.08. The maximum absolute atomic E-state index is 11.6. The molecule has 0 aromatic carbocycles. The zero-order valence-electron chi connectivity index (χ0n) is 15.9. The predicted molar refractivity (Wildman–Crippen MR) is 97.7 cm³/mol. The SMILES string of the molecule is C[C@]12CCCC[C@@H]1CC[C@@H]1[C@@H]2CC[C@@]2(C)[C@H]1CC[C@]2(O)CN1CC1. The van der Waals surface area contributed by atoms with Gasteiger partial charge in [0.1, 0.15) is 0 Å². The van der Waals surface area contributed by atoms with Crippen LogP contribution in [0.25, 0.3) is 0 Å². The van der Waals surface area contributed by atoms with Gasteiger partial charge in [-0.25, -0.2) is 0 Å². The molecule has 0 unspecified atom stereocenters. The lowest BCUT2D eigenvalue weighted by Gasteiger charge is -2.61. The average molecular weight is 332 g/mol. The van der Waals surface area contributed by atoms with Gasteiger partial charge < -0.3 is 5.11 Å². The Morgan fingerprint density at radius 3 is 2.46 bits per heavy atom. The Bertz CT molecular complexity index is 516. The molecule has 1 N–H and O–H groups in total. The molecule has 2 nitrogen and oxygen atoms in total. The summed E-state index contributed by atoms with van der Waals surface area (Å²) in [6, 6.07) is 0. The normalized spacial score (nSPS) is 57.1. The third-order valence-electron chi connectivity index (χ3n) is 9.93. The maximum atomic E-state index is 11.6. The highest BCUT2D eigenvalue weighted by molar-refractivity contribution is 5.15. The van der Waals surface area contributed by atoms with E-state index in [1.165, 1.54) is 70.9 Å². The van der Waals surface area contributed by atoms with Gasteiger partial charge in [-0.2, -0.15) is 0 Å². The van der Waals surface area contributed by atoms with Crippen LogP contribution in [0, 0.1) is 34.5 Å². The van der Waals surface area contributed by atoms with Crippen molar-refractivity contribution in [1.29, 1.82) is 0 Å². The first-order valence-electron chi connectivity index (χ1n) is 10.9. The van der Waals surface area contributed by atoms with E-state index in [9.17, 15) is 5.11 Å². The van der Waals surface area contributed by atoms with Crippen molar-refractivity contribution >= 4 is 0 Å². The van der Waals surface area contributed by atoms with Gasteiger partial charge in [-0.1, -0.05) is 26.7 Å². The first-order valence-corrected chi connectivity index (χ1v) is 10.9. The third-order valence-corrected chi connectivity index (χ3v) is 9.93. The van der Waals surface area contributed by atoms with E-state index in [1.54, 1.807) is 0 Å². The highest BCUT2D eigenvalue weighted by Gasteiger charge is 2.64. The van der Waals surface area contributed by atoms with E-state index in [4.69, 9.17) is 0 Å². The molecular formula is C22H37NO. The Morgan fingerprint density at radius 2 is 1.67 bits per heavy atom. The fourth-order valence-electron chi connectivity index (χ4n) is 8.26. The molecule has 7 atom stereocenters. The number of rotatable bonds is 2. The van der Waals surface area contributed by atoms with Gasteiger partial charge >= 0.3 is 0 Å². The summed E-state index contributed by atoms with van der Waals surface area (Å²) < 4.78 is 0.